The Kier molecular flexibility index (Phi) is 4.91. The molecule has 28 heavy (non-hydrogen) atoms. The van der Waals surface area contributed by atoms with Gasteiger partial charge in [-0.3, -0.25) is 9.69 Å². The van der Waals surface area contributed by atoms with Crippen molar-refractivity contribution >= 4 is 43.6 Å². The molecule has 0 aliphatic heterocycles. The van der Waals surface area contributed by atoms with E-state index in [0.717, 1.165) is 27.7 Å². The molecule has 2 aromatic heterocycles. The van der Waals surface area contributed by atoms with Crippen LogP contribution in [0.15, 0.2) is 46.9 Å². The van der Waals surface area contributed by atoms with Gasteiger partial charge in [-0.2, -0.15) is 0 Å². The number of thiazole rings is 1. The van der Waals surface area contributed by atoms with Crippen molar-refractivity contribution in [1.82, 2.24) is 9.88 Å². The van der Waals surface area contributed by atoms with Gasteiger partial charge in [0, 0.05) is 18.5 Å². The average Bonchev–Trinajstić information content (AvgIpc) is 3.29. The Morgan fingerprint density at radius 2 is 1.89 bits per heavy atom. The molecular formula is C22H23N3O2S. The van der Waals surface area contributed by atoms with Crippen LogP contribution in [0.5, 0.6) is 0 Å². The molecule has 5 nitrogen and oxygen atoms in total. The van der Waals surface area contributed by atoms with Crippen molar-refractivity contribution in [2.45, 2.75) is 13.8 Å². The van der Waals surface area contributed by atoms with Crippen molar-refractivity contribution in [3.8, 4) is 0 Å². The number of fused-ring (bicyclic) bond motifs is 2. The van der Waals surface area contributed by atoms with Crippen LogP contribution in [0, 0.1) is 13.8 Å². The number of amides is 1. The summed E-state index contributed by atoms with van der Waals surface area (Å²) in [5.74, 6) is 0.179. The number of rotatable bonds is 5. The van der Waals surface area contributed by atoms with Gasteiger partial charge in [0.1, 0.15) is 5.58 Å². The van der Waals surface area contributed by atoms with E-state index in [4.69, 9.17) is 9.40 Å². The van der Waals surface area contributed by atoms with E-state index in [1.165, 1.54) is 5.56 Å². The molecule has 0 fully saturated rings. The summed E-state index contributed by atoms with van der Waals surface area (Å²) in [5.41, 5.74) is 4.04. The van der Waals surface area contributed by atoms with E-state index in [1.54, 1.807) is 16.2 Å². The van der Waals surface area contributed by atoms with Gasteiger partial charge >= 0.3 is 0 Å². The second-order valence-corrected chi connectivity index (χ2v) is 8.27. The summed E-state index contributed by atoms with van der Waals surface area (Å²) in [7, 11) is 3.99. The molecule has 0 saturated heterocycles. The van der Waals surface area contributed by atoms with Crippen molar-refractivity contribution < 1.29 is 9.21 Å². The molecule has 2 heterocycles. The van der Waals surface area contributed by atoms with Crippen LogP contribution < -0.4 is 4.90 Å². The van der Waals surface area contributed by atoms with E-state index in [9.17, 15) is 4.79 Å². The highest BCUT2D eigenvalue weighted by molar-refractivity contribution is 7.22. The van der Waals surface area contributed by atoms with Crippen LogP contribution in [-0.2, 0) is 0 Å². The van der Waals surface area contributed by atoms with Crippen molar-refractivity contribution in [3.63, 3.8) is 0 Å². The predicted octanol–water partition coefficient (Wildman–Crippen LogP) is 4.87. The highest BCUT2D eigenvalue weighted by atomic mass is 32.1. The molecule has 0 N–H and O–H groups in total. The Labute approximate surface area is 168 Å². The molecule has 0 aliphatic carbocycles. The lowest BCUT2D eigenvalue weighted by molar-refractivity contribution is 0.0960. The maximum absolute atomic E-state index is 13.3. The summed E-state index contributed by atoms with van der Waals surface area (Å²) in [5, 5.41) is 1.63. The fourth-order valence-electron chi connectivity index (χ4n) is 3.13. The number of carbonyl (C=O) groups excluding carboxylic acids is 1. The summed E-state index contributed by atoms with van der Waals surface area (Å²) in [6, 6.07) is 13.7. The van der Waals surface area contributed by atoms with Crippen LogP contribution in [0.2, 0.25) is 0 Å². The number of carbonyl (C=O) groups is 1. The van der Waals surface area contributed by atoms with Crippen molar-refractivity contribution in [2.24, 2.45) is 0 Å². The summed E-state index contributed by atoms with van der Waals surface area (Å²) in [4.78, 5) is 21.9. The number of hydrogen-bond acceptors (Lipinski definition) is 5. The molecule has 4 rings (SSSR count). The van der Waals surface area contributed by atoms with Crippen LogP contribution in [0.3, 0.4) is 0 Å². The zero-order valence-electron chi connectivity index (χ0n) is 16.5. The second-order valence-electron chi connectivity index (χ2n) is 7.26. The van der Waals surface area contributed by atoms with Gasteiger partial charge in [-0.1, -0.05) is 35.6 Å². The smallest absolute Gasteiger partial charge is 0.295 e. The number of para-hydroxylation sites is 1. The number of hydrogen-bond donors (Lipinski definition) is 0. The first-order valence-electron chi connectivity index (χ1n) is 9.26. The summed E-state index contributed by atoms with van der Waals surface area (Å²) in [6.07, 6.45) is 0. The molecule has 1 amide bonds. The van der Waals surface area contributed by atoms with Gasteiger partial charge in [0.25, 0.3) is 5.91 Å². The predicted molar refractivity (Wildman–Crippen MR) is 116 cm³/mol. The molecule has 144 valence electrons. The van der Waals surface area contributed by atoms with Crippen molar-refractivity contribution in [1.29, 1.82) is 0 Å². The van der Waals surface area contributed by atoms with Gasteiger partial charge in [0.05, 0.1) is 10.2 Å². The zero-order chi connectivity index (χ0) is 19.8. The number of anilines is 1. The van der Waals surface area contributed by atoms with Gasteiger partial charge in [-0.05, 0) is 57.3 Å². The third-order valence-electron chi connectivity index (χ3n) is 4.96. The monoisotopic (exact) mass is 393 g/mol. The number of benzene rings is 2. The minimum Gasteiger partial charge on any atom is -0.451 e. The lowest BCUT2D eigenvalue weighted by atomic mass is 10.1. The minimum atomic E-state index is -0.161. The molecule has 0 spiro atoms. The van der Waals surface area contributed by atoms with Gasteiger partial charge in [-0.25, -0.2) is 4.98 Å². The van der Waals surface area contributed by atoms with Crippen LogP contribution in [0.4, 0.5) is 5.13 Å². The van der Waals surface area contributed by atoms with Crippen molar-refractivity contribution in [2.75, 3.05) is 32.1 Å². The summed E-state index contributed by atoms with van der Waals surface area (Å²) < 4.78 is 6.92. The Hall–Kier alpha value is -2.70. The Morgan fingerprint density at radius 1 is 1.11 bits per heavy atom. The first-order chi connectivity index (χ1) is 13.4. The average molecular weight is 394 g/mol. The van der Waals surface area contributed by atoms with E-state index in [-0.39, 0.29) is 5.91 Å². The molecule has 6 heteroatoms. The zero-order valence-corrected chi connectivity index (χ0v) is 17.3. The lowest BCUT2D eigenvalue weighted by Crippen LogP contribution is -2.36. The van der Waals surface area contributed by atoms with E-state index in [1.807, 2.05) is 44.4 Å². The van der Waals surface area contributed by atoms with Crippen molar-refractivity contribution in [3.05, 3.63) is 59.4 Å². The lowest BCUT2D eigenvalue weighted by Gasteiger charge is -2.20. The SMILES string of the molecule is Cc1ccc2sc(N(CCN(C)C)C(=O)c3cc4ccccc4o3)nc2c1C. The van der Waals surface area contributed by atoms with Crippen LogP contribution in [0.1, 0.15) is 21.7 Å². The standard InChI is InChI=1S/C22H23N3O2S/c1-14-9-10-19-20(15(14)2)23-22(28-19)25(12-11-24(3)4)21(26)18-13-16-7-5-6-8-17(16)27-18/h5-10,13H,11-12H2,1-4H3. The largest absolute Gasteiger partial charge is 0.451 e. The summed E-state index contributed by atoms with van der Waals surface area (Å²) in [6.45, 7) is 5.43. The normalized spacial score (nSPS) is 11.6. The molecule has 2 aromatic carbocycles. The highest BCUT2D eigenvalue weighted by Gasteiger charge is 2.24. The number of aryl methyl sites for hydroxylation is 2. The summed E-state index contributed by atoms with van der Waals surface area (Å²) >= 11 is 1.54. The number of aromatic nitrogens is 1. The van der Waals surface area contributed by atoms with E-state index in [0.29, 0.717) is 23.0 Å². The van der Waals surface area contributed by atoms with E-state index >= 15 is 0 Å². The molecule has 0 radical (unpaired) electrons. The topological polar surface area (TPSA) is 49.6 Å². The Balaban J connectivity index is 1.76. The molecule has 0 saturated carbocycles. The number of furan rings is 1. The molecular weight excluding hydrogens is 370 g/mol. The number of nitrogens with zero attached hydrogens (tertiary/aromatic N) is 3. The molecule has 0 atom stereocenters. The third-order valence-corrected chi connectivity index (χ3v) is 6.00. The molecule has 4 aromatic rings. The fourth-order valence-corrected chi connectivity index (χ4v) is 4.18. The maximum Gasteiger partial charge on any atom is 0.295 e. The first kappa shape index (κ1) is 18.7. The second kappa shape index (κ2) is 7.37. The Morgan fingerprint density at radius 3 is 2.64 bits per heavy atom. The van der Waals surface area contributed by atoms with Gasteiger partial charge in [0.2, 0.25) is 0 Å². The highest BCUT2D eigenvalue weighted by Crippen LogP contribution is 2.33. The van der Waals surface area contributed by atoms with E-state index < -0.39 is 0 Å². The van der Waals surface area contributed by atoms with E-state index in [2.05, 4.69) is 30.9 Å². The molecule has 0 bridgehead atoms. The quantitative estimate of drug-likeness (QED) is 0.485. The Bertz CT molecular complexity index is 1130. The molecule has 0 unspecified atom stereocenters. The van der Waals surface area contributed by atoms with Crippen LogP contribution in [0.25, 0.3) is 21.2 Å². The van der Waals surface area contributed by atoms with Gasteiger partial charge in [-0.15, -0.1) is 0 Å². The first-order valence-corrected chi connectivity index (χ1v) is 10.1. The minimum absolute atomic E-state index is 0.161. The maximum atomic E-state index is 13.3. The van der Waals surface area contributed by atoms with Gasteiger partial charge in [0.15, 0.2) is 10.9 Å². The molecule has 0 aliphatic rings. The van der Waals surface area contributed by atoms with Gasteiger partial charge < -0.3 is 9.32 Å². The third kappa shape index (κ3) is 3.41. The van der Waals surface area contributed by atoms with Crippen LogP contribution in [-0.4, -0.2) is 43.0 Å². The fraction of sp³-hybridized carbons (Fsp3) is 0.273. The van der Waals surface area contributed by atoms with Crippen LogP contribution >= 0.6 is 11.3 Å². The number of likely N-dealkylation sites (N-methyl/N-ethyl adjacent to an activating group) is 1.